The van der Waals surface area contributed by atoms with E-state index >= 15 is 0 Å². The van der Waals surface area contributed by atoms with Gasteiger partial charge in [0.15, 0.2) is 5.65 Å². The molecule has 5 heteroatoms. The summed E-state index contributed by atoms with van der Waals surface area (Å²) in [5, 5.41) is 4.59. The van der Waals surface area contributed by atoms with E-state index in [1.165, 1.54) is 11.8 Å². The van der Waals surface area contributed by atoms with Gasteiger partial charge in [-0.3, -0.25) is 4.90 Å². The van der Waals surface area contributed by atoms with Gasteiger partial charge >= 0.3 is 0 Å². The van der Waals surface area contributed by atoms with Crippen LogP contribution in [0, 0.1) is 12.7 Å². The molecule has 4 rings (SSSR count). The standard InChI is InChI=1S/C19H21FN4/c1-14-11-19-21-9-8-18(24(19)22-14)16-6-4-10-23(13-16)12-15-5-2-3-7-17(15)20/h2-3,5,7-9,11,16H,4,6,10,12-13H2,1H3. The molecule has 1 saturated heterocycles. The summed E-state index contributed by atoms with van der Waals surface area (Å²) in [7, 11) is 0. The number of hydrogen-bond donors (Lipinski definition) is 0. The average molecular weight is 324 g/mol. The number of fused-ring (bicyclic) bond motifs is 1. The van der Waals surface area contributed by atoms with Crippen LogP contribution in [-0.4, -0.2) is 32.6 Å². The fourth-order valence-corrected chi connectivity index (χ4v) is 3.65. The van der Waals surface area contributed by atoms with Gasteiger partial charge in [-0.05, 0) is 38.4 Å². The molecule has 124 valence electrons. The second-order valence-corrected chi connectivity index (χ2v) is 6.59. The fourth-order valence-electron chi connectivity index (χ4n) is 3.65. The summed E-state index contributed by atoms with van der Waals surface area (Å²) >= 11 is 0. The number of hydrogen-bond acceptors (Lipinski definition) is 3. The Morgan fingerprint density at radius 1 is 1.25 bits per heavy atom. The van der Waals surface area contributed by atoms with Crippen molar-refractivity contribution in [2.45, 2.75) is 32.2 Å². The van der Waals surface area contributed by atoms with Crippen molar-refractivity contribution >= 4 is 5.65 Å². The normalized spacial score (nSPS) is 19.0. The molecular weight excluding hydrogens is 303 g/mol. The van der Waals surface area contributed by atoms with Gasteiger partial charge in [0.1, 0.15) is 5.82 Å². The molecule has 0 amide bonds. The second-order valence-electron chi connectivity index (χ2n) is 6.59. The summed E-state index contributed by atoms with van der Waals surface area (Å²) in [6.07, 6.45) is 4.11. The lowest BCUT2D eigenvalue weighted by Crippen LogP contribution is -2.34. The molecule has 0 N–H and O–H groups in total. The van der Waals surface area contributed by atoms with Crippen molar-refractivity contribution in [2.24, 2.45) is 0 Å². The Bertz CT molecular complexity index is 857. The maximum absolute atomic E-state index is 13.9. The summed E-state index contributed by atoms with van der Waals surface area (Å²) in [6.45, 7) is 4.59. The molecule has 0 radical (unpaired) electrons. The minimum atomic E-state index is -0.117. The number of nitrogens with zero attached hydrogens (tertiary/aromatic N) is 4. The van der Waals surface area contributed by atoms with Crippen LogP contribution in [0.1, 0.15) is 35.7 Å². The number of benzene rings is 1. The van der Waals surface area contributed by atoms with Crippen molar-refractivity contribution < 1.29 is 4.39 Å². The van der Waals surface area contributed by atoms with E-state index < -0.39 is 0 Å². The lowest BCUT2D eigenvalue weighted by Gasteiger charge is -2.33. The van der Waals surface area contributed by atoms with Gasteiger partial charge in [0.2, 0.25) is 0 Å². The highest BCUT2D eigenvalue weighted by Gasteiger charge is 2.24. The average Bonchev–Trinajstić information content (AvgIpc) is 2.97. The van der Waals surface area contributed by atoms with Gasteiger partial charge in [0, 0.05) is 36.8 Å². The SMILES string of the molecule is Cc1cc2nccc(C3CCCN(Cc4ccccc4F)C3)n2n1. The molecule has 1 aliphatic heterocycles. The summed E-state index contributed by atoms with van der Waals surface area (Å²) in [4.78, 5) is 6.74. The highest BCUT2D eigenvalue weighted by Crippen LogP contribution is 2.28. The van der Waals surface area contributed by atoms with E-state index in [1.807, 2.05) is 35.8 Å². The minimum Gasteiger partial charge on any atom is -0.298 e. The van der Waals surface area contributed by atoms with Crippen LogP contribution in [0.25, 0.3) is 5.65 Å². The molecule has 1 aliphatic rings. The summed E-state index contributed by atoms with van der Waals surface area (Å²) in [5.41, 5.74) is 3.85. The van der Waals surface area contributed by atoms with Crippen LogP contribution in [0.15, 0.2) is 42.6 Å². The molecular formula is C19H21FN4. The summed E-state index contributed by atoms with van der Waals surface area (Å²) in [6, 6.07) is 11.1. The Labute approximate surface area is 140 Å². The molecule has 0 saturated carbocycles. The molecule has 3 aromatic rings. The second kappa shape index (κ2) is 6.32. The molecule has 1 fully saturated rings. The van der Waals surface area contributed by atoms with Crippen molar-refractivity contribution in [2.75, 3.05) is 13.1 Å². The minimum absolute atomic E-state index is 0.117. The van der Waals surface area contributed by atoms with E-state index in [0.29, 0.717) is 12.5 Å². The summed E-state index contributed by atoms with van der Waals surface area (Å²) < 4.78 is 15.9. The Hall–Kier alpha value is -2.27. The van der Waals surface area contributed by atoms with Crippen molar-refractivity contribution in [3.63, 3.8) is 0 Å². The van der Waals surface area contributed by atoms with Gasteiger partial charge in [-0.2, -0.15) is 5.10 Å². The van der Waals surface area contributed by atoms with Crippen molar-refractivity contribution in [1.29, 1.82) is 0 Å². The van der Waals surface area contributed by atoms with Gasteiger partial charge in [0.05, 0.1) is 11.4 Å². The van der Waals surface area contributed by atoms with Crippen LogP contribution >= 0.6 is 0 Å². The zero-order valence-corrected chi connectivity index (χ0v) is 13.8. The highest BCUT2D eigenvalue weighted by atomic mass is 19.1. The number of likely N-dealkylation sites (tertiary alicyclic amines) is 1. The topological polar surface area (TPSA) is 33.4 Å². The van der Waals surface area contributed by atoms with Gasteiger partial charge in [-0.15, -0.1) is 0 Å². The molecule has 0 bridgehead atoms. The molecule has 24 heavy (non-hydrogen) atoms. The fraction of sp³-hybridized carbons (Fsp3) is 0.368. The zero-order chi connectivity index (χ0) is 16.5. The van der Waals surface area contributed by atoms with Crippen LogP contribution in [0.2, 0.25) is 0 Å². The van der Waals surface area contributed by atoms with E-state index in [1.54, 1.807) is 6.07 Å². The number of aryl methyl sites for hydroxylation is 1. The smallest absolute Gasteiger partial charge is 0.155 e. The van der Waals surface area contributed by atoms with Gasteiger partial charge in [-0.1, -0.05) is 18.2 Å². The van der Waals surface area contributed by atoms with Crippen LogP contribution in [-0.2, 0) is 6.54 Å². The van der Waals surface area contributed by atoms with Crippen LogP contribution < -0.4 is 0 Å². The number of aromatic nitrogens is 3. The lowest BCUT2D eigenvalue weighted by molar-refractivity contribution is 0.195. The first-order valence-electron chi connectivity index (χ1n) is 8.48. The molecule has 1 aromatic carbocycles. The molecule has 1 unspecified atom stereocenters. The third kappa shape index (κ3) is 2.91. The highest BCUT2D eigenvalue weighted by molar-refractivity contribution is 5.40. The van der Waals surface area contributed by atoms with E-state index in [2.05, 4.69) is 21.0 Å². The summed E-state index contributed by atoms with van der Waals surface area (Å²) in [5.74, 6) is 0.281. The van der Waals surface area contributed by atoms with Crippen LogP contribution in [0.5, 0.6) is 0 Å². The van der Waals surface area contributed by atoms with Gasteiger partial charge in [0.25, 0.3) is 0 Å². The zero-order valence-electron chi connectivity index (χ0n) is 13.8. The predicted molar refractivity (Wildman–Crippen MR) is 91.4 cm³/mol. The Kier molecular flexibility index (Phi) is 4.02. The van der Waals surface area contributed by atoms with E-state index in [9.17, 15) is 4.39 Å². The van der Waals surface area contributed by atoms with Crippen LogP contribution in [0.4, 0.5) is 4.39 Å². The van der Waals surface area contributed by atoms with E-state index in [4.69, 9.17) is 0 Å². The van der Waals surface area contributed by atoms with Crippen molar-refractivity contribution in [1.82, 2.24) is 19.5 Å². The van der Waals surface area contributed by atoms with Crippen molar-refractivity contribution in [3.8, 4) is 0 Å². The Morgan fingerprint density at radius 2 is 2.12 bits per heavy atom. The van der Waals surface area contributed by atoms with Gasteiger partial charge < -0.3 is 0 Å². The van der Waals surface area contributed by atoms with Crippen LogP contribution in [0.3, 0.4) is 0 Å². The third-order valence-corrected chi connectivity index (χ3v) is 4.78. The van der Waals surface area contributed by atoms with E-state index in [-0.39, 0.29) is 5.82 Å². The Morgan fingerprint density at radius 3 is 3.00 bits per heavy atom. The molecule has 2 aromatic heterocycles. The number of piperidine rings is 1. The first kappa shape index (κ1) is 15.3. The monoisotopic (exact) mass is 324 g/mol. The Balaban J connectivity index is 1.57. The first-order chi connectivity index (χ1) is 11.7. The number of halogens is 1. The quantitative estimate of drug-likeness (QED) is 0.739. The largest absolute Gasteiger partial charge is 0.298 e. The molecule has 3 heterocycles. The van der Waals surface area contributed by atoms with Gasteiger partial charge in [-0.25, -0.2) is 13.9 Å². The predicted octanol–water partition coefficient (Wildman–Crippen LogP) is 3.56. The first-order valence-corrected chi connectivity index (χ1v) is 8.48. The lowest BCUT2D eigenvalue weighted by atomic mass is 9.94. The molecule has 1 atom stereocenters. The molecule has 0 aliphatic carbocycles. The number of rotatable bonds is 3. The molecule has 0 spiro atoms. The third-order valence-electron chi connectivity index (χ3n) is 4.78. The maximum atomic E-state index is 13.9. The van der Waals surface area contributed by atoms with E-state index in [0.717, 1.165) is 42.8 Å². The molecule has 4 nitrogen and oxygen atoms in total. The van der Waals surface area contributed by atoms with Crippen molar-refractivity contribution in [3.05, 3.63) is 65.4 Å². The maximum Gasteiger partial charge on any atom is 0.155 e.